The molecule has 2 heterocycles. The van der Waals surface area contributed by atoms with Crippen LogP contribution in [0.4, 0.5) is 0 Å². The summed E-state index contributed by atoms with van der Waals surface area (Å²) in [7, 11) is 0. The second-order valence-corrected chi connectivity index (χ2v) is 5.22. The van der Waals surface area contributed by atoms with Crippen LogP contribution in [0.3, 0.4) is 0 Å². The molecule has 0 aliphatic rings. The lowest BCUT2D eigenvalue weighted by Gasteiger charge is -2.03. The zero-order valence-corrected chi connectivity index (χ0v) is 12.0. The van der Waals surface area contributed by atoms with Crippen LogP contribution in [0, 0.1) is 13.8 Å². The highest BCUT2D eigenvalue weighted by Gasteiger charge is 2.11. The summed E-state index contributed by atoms with van der Waals surface area (Å²) >= 11 is 12.3. The quantitative estimate of drug-likeness (QED) is 0.625. The van der Waals surface area contributed by atoms with Gasteiger partial charge in [0.2, 0.25) is 0 Å². The summed E-state index contributed by atoms with van der Waals surface area (Å²) in [4.78, 5) is 4.49. The van der Waals surface area contributed by atoms with Crippen LogP contribution in [0.15, 0.2) is 30.3 Å². The van der Waals surface area contributed by atoms with Crippen LogP contribution >= 0.6 is 23.2 Å². The molecule has 5 heteroatoms. The first-order chi connectivity index (χ1) is 9.06. The number of benzene rings is 1. The molecule has 0 saturated carbocycles. The number of rotatable bonds is 1. The fourth-order valence-corrected chi connectivity index (χ4v) is 2.40. The van der Waals surface area contributed by atoms with Crippen molar-refractivity contribution in [3.8, 4) is 11.3 Å². The van der Waals surface area contributed by atoms with Gasteiger partial charge in [-0.15, -0.1) is 0 Å². The number of aromatic nitrogens is 3. The van der Waals surface area contributed by atoms with E-state index in [0.29, 0.717) is 10.2 Å². The third kappa shape index (κ3) is 2.09. The minimum Gasteiger partial charge on any atom is -0.233 e. The molecule has 0 aliphatic heterocycles. The van der Waals surface area contributed by atoms with Crippen molar-refractivity contribution < 1.29 is 0 Å². The van der Waals surface area contributed by atoms with E-state index < -0.39 is 0 Å². The fourth-order valence-electron chi connectivity index (χ4n) is 1.95. The molecule has 0 aliphatic carbocycles. The molecule has 0 radical (unpaired) electrons. The Labute approximate surface area is 120 Å². The molecule has 96 valence electrons. The first-order valence-corrected chi connectivity index (χ1v) is 6.60. The molecule has 1 aromatic carbocycles. The molecule has 0 N–H and O–H groups in total. The van der Waals surface area contributed by atoms with Crippen molar-refractivity contribution >= 4 is 28.8 Å². The number of hydrogen-bond donors (Lipinski definition) is 0. The minimum atomic E-state index is 0.593. The Kier molecular flexibility index (Phi) is 2.96. The number of halogens is 2. The van der Waals surface area contributed by atoms with E-state index in [-0.39, 0.29) is 0 Å². The van der Waals surface area contributed by atoms with Crippen LogP contribution < -0.4 is 0 Å². The van der Waals surface area contributed by atoms with Gasteiger partial charge < -0.3 is 0 Å². The highest BCUT2D eigenvalue weighted by Crippen LogP contribution is 2.25. The average Bonchev–Trinajstić information content (AvgIpc) is 2.80. The summed E-state index contributed by atoms with van der Waals surface area (Å²) < 4.78 is 1.65. The molecule has 0 bridgehead atoms. The van der Waals surface area contributed by atoms with Gasteiger partial charge in [0.05, 0.1) is 5.69 Å². The first-order valence-electron chi connectivity index (χ1n) is 5.84. The van der Waals surface area contributed by atoms with Crippen LogP contribution in [0.5, 0.6) is 0 Å². The second kappa shape index (κ2) is 4.51. The monoisotopic (exact) mass is 291 g/mol. The molecule has 19 heavy (non-hydrogen) atoms. The van der Waals surface area contributed by atoms with Gasteiger partial charge in [-0.3, -0.25) is 0 Å². The average molecular weight is 292 g/mol. The highest BCUT2D eigenvalue weighted by molar-refractivity contribution is 6.31. The number of hydrogen-bond acceptors (Lipinski definition) is 2. The van der Waals surface area contributed by atoms with E-state index in [1.165, 1.54) is 0 Å². The Morgan fingerprint density at radius 1 is 1.11 bits per heavy atom. The van der Waals surface area contributed by atoms with E-state index in [2.05, 4.69) is 10.1 Å². The summed E-state index contributed by atoms with van der Waals surface area (Å²) in [5.41, 5.74) is 4.35. The Hall–Kier alpha value is -1.58. The third-order valence-corrected chi connectivity index (χ3v) is 3.81. The van der Waals surface area contributed by atoms with Crippen molar-refractivity contribution in [2.45, 2.75) is 13.8 Å². The minimum absolute atomic E-state index is 0.593. The maximum Gasteiger partial charge on any atom is 0.157 e. The van der Waals surface area contributed by atoms with Crippen LogP contribution in [-0.2, 0) is 0 Å². The summed E-state index contributed by atoms with van der Waals surface area (Å²) in [6, 6.07) is 9.47. The molecule has 0 saturated heterocycles. The summed E-state index contributed by atoms with van der Waals surface area (Å²) in [5, 5.41) is 5.76. The first kappa shape index (κ1) is 12.5. The SMILES string of the molecule is Cc1nc2cc(-c3cccc(Cl)c3)nn2c(Cl)c1C. The van der Waals surface area contributed by atoms with Crippen molar-refractivity contribution in [3.63, 3.8) is 0 Å². The van der Waals surface area contributed by atoms with Gasteiger partial charge in [0.1, 0.15) is 5.15 Å². The lowest BCUT2D eigenvalue weighted by atomic mass is 10.1. The van der Waals surface area contributed by atoms with Gasteiger partial charge in [-0.25, -0.2) is 9.50 Å². The van der Waals surface area contributed by atoms with Crippen molar-refractivity contribution in [3.05, 3.63) is 51.8 Å². The van der Waals surface area contributed by atoms with Gasteiger partial charge >= 0.3 is 0 Å². The Morgan fingerprint density at radius 3 is 2.63 bits per heavy atom. The van der Waals surface area contributed by atoms with E-state index in [4.69, 9.17) is 23.2 Å². The lowest BCUT2D eigenvalue weighted by Crippen LogP contribution is -1.98. The molecule has 0 amide bonds. The van der Waals surface area contributed by atoms with Crippen LogP contribution in [-0.4, -0.2) is 14.6 Å². The van der Waals surface area contributed by atoms with Gasteiger partial charge in [0.25, 0.3) is 0 Å². The van der Waals surface area contributed by atoms with Crippen molar-refractivity contribution in [1.29, 1.82) is 0 Å². The molecule has 3 aromatic rings. The van der Waals surface area contributed by atoms with E-state index in [1.54, 1.807) is 4.52 Å². The summed E-state index contributed by atoms with van der Waals surface area (Å²) in [6.07, 6.45) is 0. The van der Waals surface area contributed by atoms with Gasteiger partial charge in [-0.2, -0.15) is 5.10 Å². The zero-order valence-electron chi connectivity index (χ0n) is 10.5. The summed E-state index contributed by atoms with van der Waals surface area (Å²) in [5.74, 6) is 0. The van der Waals surface area contributed by atoms with Gasteiger partial charge in [-0.05, 0) is 26.0 Å². The van der Waals surface area contributed by atoms with Crippen molar-refractivity contribution in [2.24, 2.45) is 0 Å². The van der Waals surface area contributed by atoms with Crippen LogP contribution in [0.25, 0.3) is 16.9 Å². The van der Waals surface area contributed by atoms with Gasteiger partial charge in [0, 0.05) is 27.9 Å². The molecule has 0 spiro atoms. The van der Waals surface area contributed by atoms with Crippen molar-refractivity contribution in [1.82, 2.24) is 14.6 Å². The Balaban J connectivity index is 2.25. The highest BCUT2D eigenvalue weighted by atomic mass is 35.5. The molecule has 0 unspecified atom stereocenters. The van der Waals surface area contributed by atoms with E-state index in [9.17, 15) is 0 Å². The maximum absolute atomic E-state index is 6.30. The normalized spacial score (nSPS) is 11.2. The smallest absolute Gasteiger partial charge is 0.157 e. The number of fused-ring (bicyclic) bond motifs is 1. The Morgan fingerprint density at radius 2 is 1.89 bits per heavy atom. The second-order valence-electron chi connectivity index (χ2n) is 4.42. The molecule has 3 nitrogen and oxygen atoms in total. The molecular weight excluding hydrogens is 281 g/mol. The predicted octanol–water partition coefficient (Wildman–Crippen LogP) is 4.32. The molecule has 0 fully saturated rings. The van der Waals surface area contributed by atoms with E-state index in [0.717, 1.165) is 28.2 Å². The number of aryl methyl sites for hydroxylation is 1. The third-order valence-electron chi connectivity index (χ3n) is 3.13. The molecule has 2 aromatic heterocycles. The van der Waals surface area contributed by atoms with E-state index >= 15 is 0 Å². The number of nitrogens with zero attached hydrogens (tertiary/aromatic N) is 3. The van der Waals surface area contributed by atoms with Crippen LogP contribution in [0.2, 0.25) is 10.2 Å². The maximum atomic E-state index is 6.30. The summed E-state index contributed by atoms with van der Waals surface area (Å²) in [6.45, 7) is 3.87. The fraction of sp³-hybridized carbons (Fsp3) is 0.143. The molecule has 0 atom stereocenters. The largest absolute Gasteiger partial charge is 0.233 e. The molecular formula is C14H11Cl2N3. The molecule has 3 rings (SSSR count). The van der Waals surface area contributed by atoms with Crippen molar-refractivity contribution in [2.75, 3.05) is 0 Å². The topological polar surface area (TPSA) is 30.2 Å². The lowest BCUT2D eigenvalue weighted by molar-refractivity contribution is 0.919. The van der Waals surface area contributed by atoms with Gasteiger partial charge in [-0.1, -0.05) is 35.3 Å². The van der Waals surface area contributed by atoms with Gasteiger partial charge in [0.15, 0.2) is 5.65 Å². The zero-order chi connectivity index (χ0) is 13.6. The standard InChI is InChI=1S/C14H11Cl2N3/c1-8-9(2)17-13-7-12(18-19(13)14(8)16)10-4-3-5-11(15)6-10/h3-7H,1-2H3. The predicted molar refractivity (Wildman–Crippen MR) is 77.9 cm³/mol. The van der Waals surface area contributed by atoms with Crippen LogP contribution in [0.1, 0.15) is 11.3 Å². The van der Waals surface area contributed by atoms with E-state index in [1.807, 2.05) is 44.2 Å². The Bertz CT molecular complexity index is 778.